The Bertz CT molecular complexity index is 854. The summed E-state index contributed by atoms with van der Waals surface area (Å²) < 4.78 is 1.03. The summed E-state index contributed by atoms with van der Waals surface area (Å²) in [6.07, 6.45) is 1.61. The zero-order valence-electron chi connectivity index (χ0n) is 12.9. The van der Waals surface area contributed by atoms with E-state index in [0.717, 1.165) is 31.2 Å². The van der Waals surface area contributed by atoms with Gasteiger partial charge in [0, 0.05) is 21.7 Å². The number of aromatic nitrogens is 2. The molecule has 7 heteroatoms. The van der Waals surface area contributed by atoms with Crippen LogP contribution in [0.4, 0.5) is 5.69 Å². The van der Waals surface area contributed by atoms with E-state index in [1.54, 1.807) is 29.3 Å². The van der Waals surface area contributed by atoms with Gasteiger partial charge in [0.1, 0.15) is 4.88 Å². The molecule has 0 radical (unpaired) electrons. The summed E-state index contributed by atoms with van der Waals surface area (Å²) in [5.41, 5.74) is 2.89. The van der Waals surface area contributed by atoms with Gasteiger partial charge in [-0.05, 0) is 44.5 Å². The fourth-order valence-corrected chi connectivity index (χ4v) is 4.55. The highest BCUT2D eigenvalue weighted by Crippen LogP contribution is 2.32. The number of anilines is 1. The molecule has 4 nitrogen and oxygen atoms in total. The molecule has 0 aliphatic heterocycles. The molecule has 118 valence electrons. The Kier molecular flexibility index (Phi) is 4.79. The average Bonchev–Trinajstić information content (AvgIpc) is 3.10. The zero-order valence-corrected chi connectivity index (χ0v) is 15.4. The molecule has 3 rings (SSSR count). The Morgan fingerprint density at radius 2 is 2.09 bits per heavy atom. The first-order chi connectivity index (χ1) is 11.0. The molecule has 0 unspecified atom stereocenters. The van der Waals surface area contributed by atoms with Crippen LogP contribution in [-0.2, 0) is 0 Å². The molecule has 0 saturated heterocycles. The maximum atomic E-state index is 12.2. The summed E-state index contributed by atoms with van der Waals surface area (Å²) in [5, 5.41) is 5.87. The van der Waals surface area contributed by atoms with Gasteiger partial charge in [-0.25, -0.2) is 9.97 Å². The van der Waals surface area contributed by atoms with E-state index in [1.807, 2.05) is 38.3 Å². The number of thiazole rings is 2. The lowest BCUT2D eigenvalue weighted by Crippen LogP contribution is -2.11. The van der Waals surface area contributed by atoms with Gasteiger partial charge >= 0.3 is 0 Å². The summed E-state index contributed by atoms with van der Waals surface area (Å²) >= 11 is 4.67. The van der Waals surface area contributed by atoms with Crippen molar-refractivity contribution in [1.29, 1.82) is 0 Å². The lowest BCUT2D eigenvalue weighted by atomic mass is 10.2. The van der Waals surface area contributed by atoms with Gasteiger partial charge in [0.05, 0.1) is 11.2 Å². The van der Waals surface area contributed by atoms with Crippen LogP contribution in [0.15, 0.2) is 39.0 Å². The summed E-state index contributed by atoms with van der Waals surface area (Å²) in [6, 6.07) is 6.00. The van der Waals surface area contributed by atoms with E-state index < -0.39 is 0 Å². The number of carbonyl (C=O) groups excluding carboxylic acids is 1. The number of aryl methyl sites for hydroxylation is 3. The first-order valence-electron chi connectivity index (χ1n) is 6.95. The van der Waals surface area contributed by atoms with Crippen LogP contribution in [0.5, 0.6) is 0 Å². The third kappa shape index (κ3) is 3.99. The number of nitrogens with one attached hydrogen (secondary N) is 1. The van der Waals surface area contributed by atoms with E-state index in [1.165, 1.54) is 11.3 Å². The summed E-state index contributed by atoms with van der Waals surface area (Å²) in [4.78, 5) is 22.5. The molecule has 0 spiro atoms. The van der Waals surface area contributed by atoms with Crippen LogP contribution in [-0.4, -0.2) is 15.9 Å². The number of nitrogens with zero attached hydrogens (tertiary/aromatic N) is 2. The fourth-order valence-electron chi connectivity index (χ4n) is 1.97. The fraction of sp³-hybridized carbons (Fsp3) is 0.188. The molecular weight excluding hydrogens is 346 g/mol. The van der Waals surface area contributed by atoms with Gasteiger partial charge in [0.15, 0.2) is 4.34 Å². The van der Waals surface area contributed by atoms with E-state index in [2.05, 4.69) is 21.4 Å². The van der Waals surface area contributed by atoms with E-state index in [-0.39, 0.29) is 5.91 Å². The monoisotopic (exact) mass is 361 g/mol. The molecule has 1 aromatic carbocycles. The number of hydrogen-bond donors (Lipinski definition) is 1. The Morgan fingerprint density at radius 1 is 1.26 bits per heavy atom. The highest BCUT2D eigenvalue weighted by Gasteiger charge is 2.11. The highest BCUT2D eigenvalue weighted by molar-refractivity contribution is 8.01. The van der Waals surface area contributed by atoms with Crippen molar-refractivity contribution in [3.8, 4) is 0 Å². The van der Waals surface area contributed by atoms with E-state index in [4.69, 9.17) is 0 Å². The van der Waals surface area contributed by atoms with Gasteiger partial charge in [-0.15, -0.1) is 22.7 Å². The molecule has 0 atom stereocenters. The molecule has 0 aliphatic carbocycles. The van der Waals surface area contributed by atoms with Crippen molar-refractivity contribution >= 4 is 46.0 Å². The molecule has 1 amide bonds. The summed E-state index contributed by atoms with van der Waals surface area (Å²) in [5.74, 6) is -0.116. The molecule has 23 heavy (non-hydrogen) atoms. The van der Waals surface area contributed by atoms with Gasteiger partial charge < -0.3 is 5.32 Å². The zero-order chi connectivity index (χ0) is 16.4. The molecule has 0 bridgehead atoms. The quantitative estimate of drug-likeness (QED) is 0.716. The molecule has 2 heterocycles. The standard InChI is InChI=1S/C16H15N3OS3/c1-9-6-12(23-16-18-10(2)8-21-16)4-5-13(9)19-15(20)14-7-17-11(3)22-14/h4-8H,1-3H3,(H,19,20). The van der Waals surface area contributed by atoms with Crippen LogP contribution in [0.25, 0.3) is 0 Å². The van der Waals surface area contributed by atoms with Crippen molar-refractivity contribution in [3.63, 3.8) is 0 Å². The molecule has 0 fully saturated rings. The van der Waals surface area contributed by atoms with Gasteiger partial charge in [-0.3, -0.25) is 4.79 Å². The van der Waals surface area contributed by atoms with E-state index in [0.29, 0.717) is 4.88 Å². The second-order valence-electron chi connectivity index (χ2n) is 5.03. The Labute approximate surface area is 147 Å². The predicted molar refractivity (Wildman–Crippen MR) is 97.0 cm³/mol. The molecule has 0 saturated carbocycles. The Morgan fingerprint density at radius 3 is 2.70 bits per heavy atom. The van der Waals surface area contributed by atoms with Crippen molar-refractivity contribution in [3.05, 3.63) is 50.9 Å². The van der Waals surface area contributed by atoms with E-state index >= 15 is 0 Å². The van der Waals surface area contributed by atoms with Crippen molar-refractivity contribution in [2.75, 3.05) is 5.32 Å². The molecule has 2 aromatic heterocycles. The van der Waals surface area contributed by atoms with Gasteiger partial charge in [-0.1, -0.05) is 11.8 Å². The summed E-state index contributed by atoms with van der Waals surface area (Å²) in [7, 11) is 0. The minimum absolute atomic E-state index is 0.116. The third-order valence-electron chi connectivity index (χ3n) is 3.09. The molecular formula is C16H15N3OS3. The Hall–Kier alpha value is -1.70. The number of hydrogen-bond acceptors (Lipinski definition) is 6. The first kappa shape index (κ1) is 16.2. The average molecular weight is 362 g/mol. The maximum absolute atomic E-state index is 12.2. The number of rotatable bonds is 4. The molecule has 1 N–H and O–H groups in total. The second-order valence-corrected chi connectivity index (χ2v) is 8.44. The van der Waals surface area contributed by atoms with Gasteiger partial charge in [-0.2, -0.15) is 0 Å². The van der Waals surface area contributed by atoms with Crippen molar-refractivity contribution < 1.29 is 4.79 Å². The van der Waals surface area contributed by atoms with Crippen LogP contribution in [0.3, 0.4) is 0 Å². The van der Waals surface area contributed by atoms with Crippen molar-refractivity contribution in [2.24, 2.45) is 0 Å². The lowest BCUT2D eigenvalue weighted by Gasteiger charge is -2.08. The normalized spacial score (nSPS) is 10.7. The predicted octanol–water partition coefficient (Wildman–Crippen LogP) is 4.93. The lowest BCUT2D eigenvalue weighted by molar-refractivity contribution is 0.103. The smallest absolute Gasteiger partial charge is 0.267 e. The molecule has 0 aliphatic rings. The van der Waals surface area contributed by atoms with Crippen LogP contribution < -0.4 is 5.32 Å². The summed E-state index contributed by atoms with van der Waals surface area (Å²) in [6.45, 7) is 5.87. The first-order valence-corrected chi connectivity index (χ1v) is 9.47. The largest absolute Gasteiger partial charge is 0.321 e. The van der Waals surface area contributed by atoms with Crippen LogP contribution in [0.1, 0.15) is 25.9 Å². The topological polar surface area (TPSA) is 54.9 Å². The third-order valence-corrected chi connectivity index (χ3v) is 6.05. The number of amides is 1. The van der Waals surface area contributed by atoms with Gasteiger partial charge in [0.2, 0.25) is 0 Å². The van der Waals surface area contributed by atoms with Crippen LogP contribution in [0.2, 0.25) is 0 Å². The SMILES string of the molecule is Cc1csc(Sc2ccc(NC(=O)c3cnc(C)s3)c(C)c2)n1. The molecule has 3 aromatic rings. The number of carbonyl (C=O) groups is 1. The Balaban J connectivity index is 1.73. The van der Waals surface area contributed by atoms with Gasteiger partial charge in [0.25, 0.3) is 5.91 Å². The second kappa shape index (κ2) is 6.82. The number of benzene rings is 1. The van der Waals surface area contributed by atoms with Crippen molar-refractivity contribution in [2.45, 2.75) is 30.0 Å². The van der Waals surface area contributed by atoms with E-state index in [9.17, 15) is 4.79 Å². The van der Waals surface area contributed by atoms with Crippen LogP contribution in [0, 0.1) is 20.8 Å². The van der Waals surface area contributed by atoms with Crippen molar-refractivity contribution in [1.82, 2.24) is 9.97 Å². The minimum atomic E-state index is -0.116. The maximum Gasteiger partial charge on any atom is 0.267 e. The minimum Gasteiger partial charge on any atom is -0.321 e. The van der Waals surface area contributed by atoms with Crippen LogP contribution >= 0.6 is 34.4 Å². The highest BCUT2D eigenvalue weighted by atomic mass is 32.2.